The van der Waals surface area contributed by atoms with E-state index in [-0.39, 0.29) is 11.5 Å². The molecule has 1 amide bonds. The molecule has 2 N–H and O–H groups in total. The first kappa shape index (κ1) is 14.9. The first-order chi connectivity index (χ1) is 9.47. The Hall–Kier alpha value is -1.52. The summed E-state index contributed by atoms with van der Waals surface area (Å²) in [7, 11) is 1.44. The number of carbonyl (C=O) groups excluding carboxylic acids is 2. The minimum absolute atomic E-state index is 0.222. The van der Waals surface area contributed by atoms with Crippen LogP contribution in [0.4, 0.5) is 5.69 Å². The molecule has 1 aromatic carbocycles. The summed E-state index contributed by atoms with van der Waals surface area (Å²) in [5, 5.41) is 6.46. The van der Waals surface area contributed by atoms with Crippen molar-refractivity contribution >= 4 is 40.7 Å². The average Bonchev–Trinajstić information content (AvgIpc) is 2.36. The number of halogens is 2. The van der Waals surface area contributed by atoms with E-state index in [1.54, 1.807) is 12.1 Å². The van der Waals surface area contributed by atoms with Crippen molar-refractivity contribution in [3.63, 3.8) is 0 Å². The number of hydrogen-bond acceptors (Lipinski definition) is 4. The summed E-state index contributed by atoms with van der Waals surface area (Å²) in [6, 6.07) is 2.51. The highest BCUT2D eigenvalue weighted by molar-refractivity contribution is 6.35. The van der Waals surface area contributed by atoms with Crippen molar-refractivity contribution in [1.82, 2.24) is 5.32 Å². The molecule has 0 saturated carbocycles. The number of hydrogen-bond donors (Lipinski definition) is 2. The summed E-state index contributed by atoms with van der Waals surface area (Å²) in [6.45, 7) is 1.36. The Morgan fingerprint density at radius 2 is 2.15 bits per heavy atom. The van der Waals surface area contributed by atoms with Gasteiger partial charge in [0.25, 0.3) is 0 Å². The molecule has 0 unspecified atom stereocenters. The molecule has 1 heterocycles. The van der Waals surface area contributed by atoms with Gasteiger partial charge in [0.2, 0.25) is 5.91 Å². The van der Waals surface area contributed by atoms with Gasteiger partial charge >= 0.3 is 0 Å². The highest BCUT2D eigenvalue weighted by Gasteiger charge is 2.35. The van der Waals surface area contributed by atoms with Gasteiger partial charge in [0, 0.05) is 35.3 Å². The lowest BCUT2D eigenvalue weighted by atomic mass is 9.92. The second-order valence-electron chi connectivity index (χ2n) is 4.30. The van der Waals surface area contributed by atoms with Crippen LogP contribution in [0.25, 0.3) is 0 Å². The summed E-state index contributed by atoms with van der Waals surface area (Å²) < 4.78 is 5.19. The fourth-order valence-corrected chi connectivity index (χ4v) is 2.78. The van der Waals surface area contributed by atoms with E-state index in [0.717, 1.165) is 0 Å². The zero-order valence-corrected chi connectivity index (χ0v) is 12.3. The number of amides is 1. The predicted octanol–water partition coefficient (Wildman–Crippen LogP) is 2.33. The highest BCUT2D eigenvalue weighted by atomic mass is 35.5. The molecule has 1 aromatic rings. The lowest BCUT2D eigenvalue weighted by Crippen LogP contribution is -2.40. The van der Waals surface area contributed by atoms with Gasteiger partial charge in [-0.2, -0.15) is 0 Å². The van der Waals surface area contributed by atoms with Gasteiger partial charge in [0.15, 0.2) is 6.23 Å². The summed E-state index contributed by atoms with van der Waals surface area (Å²) in [6.07, 6.45) is -0.702. The molecule has 0 aliphatic carbocycles. The molecule has 0 aromatic heterocycles. The van der Waals surface area contributed by atoms with Crippen LogP contribution in [0.15, 0.2) is 17.7 Å². The second-order valence-corrected chi connectivity index (χ2v) is 5.14. The Morgan fingerprint density at radius 3 is 2.70 bits per heavy atom. The van der Waals surface area contributed by atoms with Crippen LogP contribution in [0.1, 0.15) is 18.5 Å². The first-order valence-electron chi connectivity index (χ1n) is 5.78. The second kappa shape index (κ2) is 5.85. The molecule has 0 saturated heterocycles. The van der Waals surface area contributed by atoms with Gasteiger partial charge in [-0.25, -0.2) is 4.79 Å². The number of anilines is 1. The fourth-order valence-electron chi connectivity index (χ4n) is 2.17. The van der Waals surface area contributed by atoms with Crippen LogP contribution in [-0.2, 0) is 14.3 Å². The molecule has 1 aliphatic rings. The van der Waals surface area contributed by atoms with Crippen LogP contribution >= 0.6 is 23.2 Å². The lowest BCUT2D eigenvalue weighted by molar-refractivity contribution is -0.119. The van der Waals surface area contributed by atoms with Crippen LogP contribution in [-0.4, -0.2) is 25.2 Å². The van der Waals surface area contributed by atoms with E-state index in [0.29, 0.717) is 21.3 Å². The number of ether oxygens (including phenoxy) is 1. The topological polar surface area (TPSA) is 67.4 Å². The molecule has 0 bridgehead atoms. The molecular formula is C13H12Cl2N2O3. The maximum Gasteiger partial charge on any atom is 0.217 e. The van der Waals surface area contributed by atoms with Gasteiger partial charge < -0.3 is 15.4 Å². The van der Waals surface area contributed by atoms with Crippen molar-refractivity contribution in [2.45, 2.75) is 19.2 Å². The number of fused-ring (bicyclic) bond motifs is 1. The normalized spacial score (nSPS) is 20.7. The molecule has 5 nitrogen and oxygen atoms in total. The third kappa shape index (κ3) is 2.67. The van der Waals surface area contributed by atoms with Crippen LogP contribution in [0.2, 0.25) is 10.0 Å². The summed E-state index contributed by atoms with van der Waals surface area (Å²) >= 11 is 12.1. The maximum absolute atomic E-state index is 11.4. The predicted molar refractivity (Wildman–Crippen MR) is 76.6 cm³/mol. The van der Waals surface area contributed by atoms with Crippen molar-refractivity contribution in [3.8, 4) is 0 Å². The minimum atomic E-state index is -0.702. The maximum atomic E-state index is 11.4. The Kier molecular flexibility index (Phi) is 4.35. The van der Waals surface area contributed by atoms with Crippen LogP contribution in [0, 0.1) is 0 Å². The van der Waals surface area contributed by atoms with Gasteiger partial charge in [-0.3, -0.25) is 4.79 Å². The standard InChI is InChI=1S/C13H12Cl2N2O3/c1-6(19)16-12-8(5-18)13(20-2)17-10-4-7(14)3-9(15)11(10)12/h3-4,12-13,17H,1-2H3,(H,16,19)/t12-,13-/m0/s1. The van der Waals surface area contributed by atoms with E-state index in [9.17, 15) is 9.59 Å². The fraction of sp³-hybridized carbons (Fsp3) is 0.308. The van der Waals surface area contributed by atoms with Gasteiger partial charge in [0.05, 0.1) is 11.6 Å². The number of rotatable bonds is 2. The average molecular weight is 315 g/mol. The SMILES string of the molecule is CO[C@@H]1Nc2cc(Cl)cc(Cl)c2[C@@H](NC(C)=O)C1=C=O. The van der Waals surface area contributed by atoms with Crippen LogP contribution < -0.4 is 10.6 Å². The molecule has 0 fully saturated rings. The van der Waals surface area contributed by atoms with Crippen molar-refractivity contribution in [2.75, 3.05) is 12.4 Å². The van der Waals surface area contributed by atoms with Gasteiger partial charge in [-0.1, -0.05) is 23.2 Å². The zero-order valence-electron chi connectivity index (χ0n) is 10.8. The molecule has 2 atom stereocenters. The van der Waals surface area contributed by atoms with Crippen molar-refractivity contribution < 1.29 is 14.3 Å². The van der Waals surface area contributed by atoms with Crippen LogP contribution in [0.3, 0.4) is 0 Å². The molecule has 0 spiro atoms. The van der Waals surface area contributed by atoms with Crippen molar-refractivity contribution in [1.29, 1.82) is 0 Å². The van der Waals surface area contributed by atoms with E-state index >= 15 is 0 Å². The molecule has 106 valence electrons. The van der Waals surface area contributed by atoms with Crippen LogP contribution in [0.5, 0.6) is 0 Å². The summed E-state index contributed by atoms with van der Waals surface area (Å²) in [5.74, 6) is 1.52. The lowest BCUT2D eigenvalue weighted by Gasteiger charge is -2.34. The van der Waals surface area contributed by atoms with E-state index in [1.165, 1.54) is 14.0 Å². The Balaban J connectivity index is 2.62. The zero-order chi connectivity index (χ0) is 14.9. The first-order valence-corrected chi connectivity index (χ1v) is 6.53. The third-order valence-electron chi connectivity index (χ3n) is 2.96. The minimum Gasteiger partial charge on any atom is -0.357 e. The Bertz CT molecular complexity index is 612. The Labute approximate surface area is 125 Å². The number of benzene rings is 1. The largest absolute Gasteiger partial charge is 0.357 e. The summed E-state index contributed by atoms with van der Waals surface area (Å²) in [5.41, 5.74) is 1.39. The molecule has 0 radical (unpaired) electrons. The third-order valence-corrected chi connectivity index (χ3v) is 3.50. The highest BCUT2D eigenvalue weighted by Crippen LogP contribution is 2.41. The Morgan fingerprint density at radius 1 is 1.45 bits per heavy atom. The molecule has 7 heteroatoms. The number of nitrogens with one attached hydrogen (secondary N) is 2. The van der Waals surface area contributed by atoms with Gasteiger partial charge in [-0.15, -0.1) is 0 Å². The molecule has 1 aliphatic heterocycles. The van der Waals surface area contributed by atoms with E-state index in [1.807, 2.05) is 5.94 Å². The summed E-state index contributed by atoms with van der Waals surface area (Å²) in [4.78, 5) is 22.6. The monoisotopic (exact) mass is 314 g/mol. The van der Waals surface area contributed by atoms with E-state index in [4.69, 9.17) is 27.9 Å². The molecule has 2 rings (SSSR count). The van der Waals surface area contributed by atoms with Gasteiger partial charge in [-0.05, 0) is 12.1 Å². The van der Waals surface area contributed by atoms with E-state index < -0.39 is 12.3 Å². The smallest absolute Gasteiger partial charge is 0.217 e. The van der Waals surface area contributed by atoms with Gasteiger partial charge in [0.1, 0.15) is 5.94 Å². The number of methoxy groups -OCH3 is 1. The van der Waals surface area contributed by atoms with Crippen molar-refractivity contribution in [3.05, 3.63) is 33.3 Å². The number of carbonyl (C=O) groups is 1. The quantitative estimate of drug-likeness (QED) is 0.822. The molecular weight excluding hydrogens is 303 g/mol. The molecule has 20 heavy (non-hydrogen) atoms. The van der Waals surface area contributed by atoms with E-state index in [2.05, 4.69) is 10.6 Å². The van der Waals surface area contributed by atoms with Crippen molar-refractivity contribution in [2.24, 2.45) is 0 Å².